The minimum atomic E-state index is -0.896. The minimum Gasteiger partial charge on any atom is -0.507 e. The third kappa shape index (κ3) is 5.21. The summed E-state index contributed by atoms with van der Waals surface area (Å²) in [6.45, 7) is 5.63. The fraction of sp³-hybridized carbons (Fsp3) is 0.370. The van der Waals surface area contributed by atoms with Gasteiger partial charge in [0.2, 0.25) is 0 Å². The van der Waals surface area contributed by atoms with Crippen LogP contribution in [0, 0.1) is 13.8 Å². The summed E-state index contributed by atoms with van der Waals surface area (Å²) in [4.78, 5) is 41.5. The number of ether oxygens (including phenoxy) is 3. The summed E-state index contributed by atoms with van der Waals surface area (Å²) in [7, 11) is 6.73. The van der Waals surface area contributed by atoms with Crippen molar-refractivity contribution in [3.8, 4) is 17.2 Å². The molecule has 0 aromatic heterocycles. The van der Waals surface area contributed by atoms with Gasteiger partial charge in [-0.25, -0.2) is 0 Å². The Morgan fingerprint density at radius 1 is 1.00 bits per heavy atom. The van der Waals surface area contributed by atoms with Gasteiger partial charge in [-0.15, -0.1) is 0 Å². The van der Waals surface area contributed by atoms with Gasteiger partial charge < -0.3 is 29.1 Å². The number of hydrogen-bond donors (Lipinski definition) is 1. The Hall–Kier alpha value is -3.85. The summed E-state index contributed by atoms with van der Waals surface area (Å²) in [5.41, 5.74) is 2.34. The van der Waals surface area contributed by atoms with E-state index in [-0.39, 0.29) is 23.6 Å². The summed E-state index contributed by atoms with van der Waals surface area (Å²) >= 11 is 0. The average Bonchev–Trinajstić information content (AvgIpc) is 3.07. The number of likely N-dealkylation sites (N-methyl/N-ethyl adjacent to an activating group) is 1. The largest absolute Gasteiger partial charge is 0.507 e. The highest BCUT2D eigenvalue weighted by Crippen LogP contribution is 2.42. The van der Waals surface area contributed by atoms with Crippen molar-refractivity contribution >= 4 is 23.4 Å². The Balaban J connectivity index is 2.25. The van der Waals surface area contributed by atoms with Crippen molar-refractivity contribution in [2.45, 2.75) is 26.8 Å². The maximum Gasteiger partial charge on any atom is 0.308 e. The van der Waals surface area contributed by atoms with Gasteiger partial charge in [0.25, 0.3) is 11.7 Å². The number of rotatable bonds is 8. The van der Waals surface area contributed by atoms with E-state index in [4.69, 9.17) is 14.2 Å². The van der Waals surface area contributed by atoms with E-state index in [0.717, 1.165) is 5.56 Å². The molecule has 1 heterocycles. The zero-order valence-corrected chi connectivity index (χ0v) is 21.7. The van der Waals surface area contributed by atoms with Gasteiger partial charge in [-0.1, -0.05) is 6.07 Å². The first-order valence-corrected chi connectivity index (χ1v) is 11.4. The molecular weight excluding hydrogens is 464 g/mol. The van der Waals surface area contributed by atoms with Gasteiger partial charge in [0, 0.05) is 25.6 Å². The van der Waals surface area contributed by atoms with Gasteiger partial charge in [-0.2, -0.15) is 0 Å². The second kappa shape index (κ2) is 10.8. The molecule has 0 aliphatic carbocycles. The smallest absolute Gasteiger partial charge is 0.308 e. The van der Waals surface area contributed by atoms with Gasteiger partial charge >= 0.3 is 5.97 Å². The molecular formula is C27H32N2O7. The fourth-order valence-corrected chi connectivity index (χ4v) is 4.27. The summed E-state index contributed by atoms with van der Waals surface area (Å²) < 4.78 is 16.0. The molecule has 1 atom stereocenters. The van der Waals surface area contributed by atoms with E-state index >= 15 is 0 Å². The highest BCUT2D eigenvalue weighted by atomic mass is 16.6. The highest BCUT2D eigenvalue weighted by molar-refractivity contribution is 6.46. The standard InChI is InChI=1S/C27H32N2O7/c1-15-13-21(35-7)16(2)12-19(15)25(31)23-24(29(11-10-28(4)5)27(33)26(23)32)18-8-9-20(34-6)22(14-18)36-17(3)30/h8-9,12-14,24,31H,10-11H2,1-7H3/b25-23+. The van der Waals surface area contributed by atoms with E-state index < -0.39 is 23.7 Å². The fourth-order valence-electron chi connectivity index (χ4n) is 4.27. The topological polar surface area (TPSA) is 106 Å². The maximum absolute atomic E-state index is 13.3. The van der Waals surface area contributed by atoms with E-state index in [1.54, 1.807) is 44.4 Å². The quantitative estimate of drug-likeness (QED) is 0.195. The highest BCUT2D eigenvalue weighted by Gasteiger charge is 2.46. The van der Waals surface area contributed by atoms with Crippen molar-refractivity contribution in [2.24, 2.45) is 0 Å². The number of esters is 1. The Kier molecular flexibility index (Phi) is 8.04. The first-order valence-electron chi connectivity index (χ1n) is 11.4. The summed E-state index contributed by atoms with van der Waals surface area (Å²) in [5, 5.41) is 11.4. The zero-order valence-electron chi connectivity index (χ0n) is 21.7. The van der Waals surface area contributed by atoms with E-state index in [1.807, 2.05) is 25.9 Å². The van der Waals surface area contributed by atoms with Crippen LogP contribution in [-0.2, 0) is 14.4 Å². The van der Waals surface area contributed by atoms with E-state index in [1.165, 1.54) is 18.9 Å². The Labute approximate surface area is 210 Å². The molecule has 9 heteroatoms. The number of hydrogen-bond acceptors (Lipinski definition) is 8. The molecule has 1 aliphatic rings. The third-order valence-corrected chi connectivity index (χ3v) is 6.08. The van der Waals surface area contributed by atoms with Crippen molar-refractivity contribution in [3.05, 3.63) is 58.2 Å². The zero-order chi connectivity index (χ0) is 26.7. The van der Waals surface area contributed by atoms with Crippen LogP contribution in [0.15, 0.2) is 35.9 Å². The summed E-state index contributed by atoms with van der Waals surface area (Å²) in [6, 6.07) is 7.44. The Morgan fingerprint density at radius 2 is 1.67 bits per heavy atom. The molecule has 2 aromatic carbocycles. The third-order valence-electron chi connectivity index (χ3n) is 6.08. The molecule has 0 saturated carbocycles. The van der Waals surface area contributed by atoms with Crippen molar-refractivity contribution in [2.75, 3.05) is 41.4 Å². The molecule has 1 aliphatic heterocycles. The van der Waals surface area contributed by atoms with Crippen LogP contribution in [0.25, 0.3) is 5.76 Å². The molecule has 1 fully saturated rings. The minimum absolute atomic E-state index is 0.0367. The predicted molar refractivity (Wildman–Crippen MR) is 134 cm³/mol. The van der Waals surface area contributed by atoms with Crippen LogP contribution in [0.2, 0.25) is 0 Å². The molecule has 192 valence electrons. The van der Waals surface area contributed by atoms with Crippen LogP contribution in [0.1, 0.15) is 35.2 Å². The van der Waals surface area contributed by atoms with Crippen molar-refractivity contribution in [1.82, 2.24) is 9.80 Å². The summed E-state index contributed by atoms with van der Waals surface area (Å²) in [5.74, 6) is -1.20. The number of carbonyl (C=O) groups excluding carboxylic acids is 3. The van der Waals surface area contributed by atoms with Gasteiger partial charge in [-0.05, 0) is 68.9 Å². The number of ketones is 1. The van der Waals surface area contributed by atoms with Crippen molar-refractivity contribution in [3.63, 3.8) is 0 Å². The molecule has 0 radical (unpaired) electrons. The average molecular weight is 497 g/mol. The first kappa shape index (κ1) is 26.7. The SMILES string of the molecule is COc1cc(C)c(/C(O)=C2\C(=O)C(=O)N(CCN(C)C)C2c2ccc(OC)c(OC(C)=O)c2)cc1C. The van der Waals surface area contributed by atoms with Crippen LogP contribution in [-0.4, -0.2) is 74.0 Å². The van der Waals surface area contributed by atoms with Gasteiger partial charge in [-0.3, -0.25) is 14.4 Å². The molecule has 9 nitrogen and oxygen atoms in total. The number of Topliss-reactive ketones (excluding diaryl/α,β-unsaturated/α-hetero) is 1. The summed E-state index contributed by atoms with van der Waals surface area (Å²) in [6.07, 6.45) is 0. The van der Waals surface area contributed by atoms with E-state index in [0.29, 0.717) is 34.7 Å². The Morgan fingerprint density at radius 3 is 2.25 bits per heavy atom. The number of benzene rings is 2. The number of aliphatic hydroxyl groups is 1. The second-order valence-electron chi connectivity index (χ2n) is 8.94. The molecule has 1 saturated heterocycles. The normalized spacial score (nSPS) is 17.0. The lowest BCUT2D eigenvalue weighted by molar-refractivity contribution is -0.140. The number of likely N-dealkylation sites (tertiary alicyclic amines) is 1. The maximum atomic E-state index is 13.3. The first-order chi connectivity index (χ1) is 17.0. The van der Waals surface area contributed by atoms with Crippen molar-refractivity contribution < 1.29 is 33.7 Å². The van der Waals surface area contributed by atoms with Crippen LogP contribution in [0.3, 0.4) is 0 Å². The van der Waals surface area contributed by atoms with E-state index in [2.05, 4.69) is 0 Å². The predicted octanol–water partition coefficient (Wildman–Crippen LogP) is 3.23. The molecule has 1 amide bonds. The van der Waals surface area contributed by atoms with Crippen LogP contribution >= 0.6 is 0 Å². The number of methoxy groups -OCH3 is 2. The van der Waals surface area contributed by atoms with Crippen LogP contribution in [0.4, 0.5) is 0 Å². The molecule has 0 bridgehead atoms. The lowest BCUT2D eigenvalue weighted by Crippen LogP contribution is -2.35. The molecule has 2 aromatic rings. The second-order valence-corrected chi connectivity index (χ2v) is 8.94. The molecule has 36 heavy (non-hydrogen) atoms. The lowest BCUT2D eigenvalue weighted by atomic mass is 9.93. The molecule has 3 rings (SSSR count). The molecule has 1 unspecified atom stereocenters. The lowest BCUT2D eigenvalue weighted by Gasteiger charge is -2.27. The number of nitrogens with zero attached hydrogens (tertiary/aromatic N) is 2. The molecule has 0 spiro atoms. The van der Waals surface area contributed by atoms with Gasteiger partial charge in [0.1, 0.15) is 11.5 Å². The van der Waals surface area contributed by atoms with Gasteiger partial charge in [0.05, 0.1) is 25.8 Å². The van der Waals surface area contributed by atoms with Crippen LogP contribution < -0.4 is 14.2 Å². The number of aryl methyl sites for hydroxylation is 2. The van der Waals surface area contributed by atoms with Crippen LogP contribution in [0.5, 0.6) is 17.2 Å². The van der Waals surface area contributed by atoms with E-state index in [9.17, 15) is 19.5 Å². The Bertz CT molecular complexity index is 1230. The van der Waals surface area contributed by atoms with Crippen molar-refractivity contribution in [1.29, 1.82) is 0 Å². The molecule has 1 N–H and O–H groups in total. The monoisotopic (exact) mass is 496 g/mol. The number of aliphatic hydroxyl groups excluding tert-OH is 1. The number of carbonyl (C=O) groups is 3. The number of amides is 1. The van der Waals surface area contributed by atoms with Gasteiger partial charge in [0.15, 0.2) is 11.5 Å².